The number of aromatic amines is 1. The molecule has 0 aliphatic carbocycles. The summed E-state index contributed by atoms with van der Waals surface area (Å²) in [6, 6.07) is 7.59. The van der Waals surface area contributed by atoms with Gasteiger partial charge in [0, 0.05) is 22.7 Å². The molecule has 0 aliphatic rings. The normalized spacial score (nSPS) is 10.9. The highest BCUT2D eigenvalue weighted by Gasteiger charge is 2.17. The molecule has 0 unspecified atom stereocenters. The molecule has 0 atom stereocenters. The molecule has 1 amide bonds. The summed E-state index contributed by atoms with van der Waals surface area (Å²) in [5.74, 6) is 0.897. The fraction of sp³-hybridized carbons (Fsp3) is 0.200. The van der Waals surface area contributed by atoms with E-state index in [2.05, 4.69) is 15.5 Å². The van der Waals surface area contributed by atoms with Crippen LogP contribution in [0.25, 0.3) is 10.9 Å². The highest BCUT2D eigenvalue weighted by atomic mass is 16.5. The lowest BCUT2D eigenvalue weighted by Crippen LogP contribution is -2.12. The molecule has 5 heteroatoms. The Morgan fingerprint density at radius 3 is 2.80 bits per heavy atom. The maximum absolute atomic E-state index is 12.4. The van der Waals surface area contributed by atoms with E-state index in [9.17, 15) is 4.79 Å². The lowest BCUT2D eigenvalue weighted by Gasteiger charge is -2.01. The number of nitrogens with zero attached hydrogens (tertiary/aromatic N) is 1. The van der Waals surface area contributed by atoms with Crippen molar-refractivity contribution in [1.82, 2.24) is 10.1 Å². The molecule has 3 aromatic rings. The van der Waals surface area contributed by atoms with Crippen molar-refractivity contribution >= 4 is 22.6 Å². The molecule has 20 heavy (non-hydrogen) atoms. The summed E-state index contributed by atoms with van der Waals surface area (Å²) in [4.78, 5) is 15.7. The fourth-order valence-electron chi connectivity index (χ4n) is 2.39. The maximum atomic E-state index is 12.4. The minimum Gasteiger partial charge on any atom is -0.360 e. The van der Waals surface area contributed by atoms with Gasteiger partial charge >= 0.3 is 0 Å². The number of amides is 1. The summed E-state index contributed by atoms with van der Waals surface area (Å²) in [6.07, 6.45) is 0. The number of benzene rings is 1. The van der Waals surface area contributed by atoms with Crippen molar-refractivity contribution < 1.29 is 9.32 Å². The number of hydrogen-bond donors (Lipinski definition) is 2. The molecule has 0 saturated heterocycles. The number of carbonyl (C=O) groups excluding carboxylic acids is 1. The van der Waals surface area contributed by atoms with E-state index in [1.54, 1.807) is 13.0 Å². The van der Waals surface area contributed by atoms with E-state index in [-0.39, 0.29) is 5.91 Å². The summed E-state index contributed by atoms with van der Waals surface area (Å²) >= 11 is 0. The molecule has 5 nitrogen and oxygen atoms in total. The first-order chi connectivity index (χ1) is 9.56. The first-order valence-electron chi connectivity index (χ1n) is 6.39. The van der Waals surface area contributed by atoms with E-state index in [0.29, 0.717) is 17.1 Å². The van der Waals surface area contributed by atoms with E-state index < -0.39 is 0 Å². The number of carbonyl (C=O) groups is 1. The van der Waals surface area contributed by atoms with Gasteiger partial charge in [0.05, 0.1) is 5.56 Å². The summed E-state index contributed by atoms with van der Waals surface area (Å²) in [5, 5.41) is 7.45. The van der Waals surface area contributed by atoms with Crippen LogP contribution in [-0.4, -0.2) is 16.0 Å². The Morgan fingerprint density at radius 1 is 1.30 bits per heavy atom. The average Bonchev–Trinajstić information content (AvgIpc) is 2.93. The van der Waals surface area contributed by atoms with Crippen LogP contribution in [0, 0.1) is 20.8 Å². The molecule has 0 saturated carbocycles. The number of nitrogens with one attached hydrogen (secondary N) is 2. The molecule has 0 bridgehead atoms. The van der Waals surface area contributed by atoms with Gasteiger partial charge in [-0.15, -0.1) is 0 Å². The van der Waals surface area contributed by atoms with Gasteiger partial charge in [-0.1, -0.05) is 23.4 Å². The Labute approximate surface area is 116 Å². The third kappa shape index (κ3) is 1.97. The van der Waals surface area contributed by atoms with Crippen LogP contribution in [0.2, 0.25) is 0 Å². The van der Waals surface area contributed by atoms with Crippen molar-refractivity contribution in [2.24, 2.45) is 0 Å². The lowest BCUT2D eigenvalue weighted by molar-refractivity contribution is 0.102. The third-order valence-electron chi connectivity index (χ3n) is 3.33. The molecule has 2 aromatic heterocycles. The molecule has 3 rings (SSSR count). The lowest BCUT2D eigenvalue weighted by atomic mass is 10.1. The second-order valence-corrected chi connectivity index (χ2v) is 4.90. The summed E-state index contributed by atoms with van der Waals surface area (Å²) in [6.45, 7) is 5.69. The number of fused-ring (bicyclic) bond motifs is 1. The van der Waals surface area contributed by atoms with E-state index in [0.717, 1.165) is 22.2 Å². The van der Waals surface area contributed by atoms with Crippen molar-refractivity contribution in [2.45, 2.75) is 20.8 Å². The first kappa shape index (κ1) is 12.5. The molecule has 102 valence electrons. The van der Waals surface area contributed by atoms with Gasteiger partial charge in [-0.05, 0) is 26.3 Å². The largest absolute Gasteiger partial charge is 0.360 e. The predicted octanol–water partition coefficient (Wildman–Crippen LogP) is 3.33. The van der Waals surface area contributed by atoms with Crippen molar-refractivity contribution in [2.75, 3.05) is 5.32 Å². The molecule has 0 fully saturated rings. The van der Waals surface area contributed by atoms with Gasteiger partial charge < -0.3 is 14.8 Å². The Hall–Kier alpha value is -2.56. The van der Waals surface area contributed by atoms with Crippen LogP contribution in [-0.2, 0) is 0 Å². The highest BCUT2D eigenvalue weighted by Crippen LogP contribution is 2.25. The second-order valence-electron chi connectivity index (χ2n) is 4.90. The predicted molar refractivity (Wildman–Crippen MR) is 77.0 cm³/mol. The molecular formula is C15H15N3O2. The van der Waals surface area contributed by atoms with Crippen LogP contribution in [0.3, 0.4) is 0 Å². The van der Waals surface area contributed by atoms with Crippen LogP contribution >= 0.6 is 0 Å². The number of anilines is 1. The quantitative estimate of drug-likeness (QED) is 0.749. The Kier molecular flexibility index (Phi) is 2.82. The summed E-state index contributed by atoms with van der Waals surface area (Å²) in [5.41, 5.74) is 3.59. The molecule has 1 aromatic carbocycles. The molecular weight excluding hydrogens is 254 g/mol. The van der Waals surface area contributed by atoms with Crippen LogP contribution in [0.15, 0.2) is 28.8 Å². The van der Waals surface area contributed by atoms with Crippen LogP contribution in [0.4, 0.5) is 5.82 Å². The van der Waals surface area contributed by atoms with Crippen molar-refractivity contribution in [3.63, 3.8) is 0 Å². The number of para-hydroxylation sites is 1. The number of aromatic nitrogens is 2. The zero-order valence-electron chi connectivity index (χ0n) is 11.6. The standard InChI is InChI=1S/C15H15N3O2/c1-8-5-4-6-11-13(10(3)16-14(8)11)15(19)17-12-7-9(2)20-18-12/h4-7,16H,1-3H3,(H,17,18,19). The highest BCUT2D eigenvalue weighted by molar-refractivity contribution is 6.14. The van der Waals surface area contributed by atoms with Crippen molar-refractivity contribution in [3.8, 4) is 0 Å². The monoisotopic (exact) mass is 269 g/mol. The van der Waals surface area contributed by atoms with Gasteiger partial charge in [-0.25, -0.2) is 0 Å². The van der Waals surface area contributed by atoms with Gasteiger partial charge in [0.25, 0.3) is 5.91 Å². The van der Waals surface area contributed by atoms with E-state index in [4.69, 9.17) is 4.52 Å². The molecule has 0 radical (unpaired) electrons. The third-order valence-corrected chi connectivity index (χ3v) is 3.33. The molecule has 2 heterocycles. The minimum absolute atomic E-state index is 0.187. The Morgan fingerprint density at radius 2 is 2.10 bits per heavy atom. The van der Waals surface area contributed by atoms with Crippen molar-refractivity contribution in [3.05, 3.63) is 46.8 Å². The zero-order valence-corrected chi connectivity index (χ0v) is 11.6. The number of H-pyrrole nitrogens is 1. The van der Waals surface area contributed by atoms with Gasteiger partial charge in [-0.3, -0.25) is 4.79 Å². The van der Waals surface area contributed by atoms with Gasteiger partial charge in [0.15, 0.2) is 5.82 Å². The summed E-state index contributed by atoms with van der Waals surface area (Å²) in [7, 11) is 0. The SMILES string of the molecule is Cc1cc(NC(=O)c2c(C)[nH]c3c(C)cccc23)no1. The van der Waals surface area contributed by atoms with E-state index in [1.165, 1.54) is 0 Å². The second kappa shape index (κ2) is 4.52. The maximum Gasteiger partial charge on any atom is 0.259 e. The van der Waals surface area contributed by atoms with Crippen LogP contribution in [0.5, 0.6) is 0 Å². The van der Waals surface area contributed by atoms with Crippen molar-refractivity contribution in [1.29, 1.82) is 0 Å². The van der Waals surface area contributed by atoms with Gasteiger partial charge in [0.2, 0.25) is 0 Å². The summed E-state index contributed by atoms with van der Waals surface area (Å²) < 4.78 is 4.95. The number of aryl methyl sites for hydroxylation is 3. The topological polar surface area (TPSA) is 70.9 Å². The number of hydrogen-bond acceptors (Lipinski definition) is 3. The minimum atomic E-state index is -0.187. The Bertz CT molecular complexity index is 799. The first-order valence-corrected chi connectivity index (χ1v) is 6.39. The molecule has 0 aliphatic heterocycles. The van der Waals surface area contributed by atoms with Gasteiger partial charge in [0.1, 0.15) is 5.76 Å². The van der Waals surface area contributed by atoms with E-state index >= 15 is 0 Å². The Balaban J connectivity index is 2.03. The molecule has 2 N–H and O–H groups in total. The van der Waals surface area contributed by atoms with Crippen LogP contribution in [0.1, 0.15) is 27.4 Å². The van der Waals surface area contributed by atoms with Gasteiger partial charge in [-0.2, -0.15) is 0 Å². The van der Waals surface area contributed by atoms with E-state index in [1.807, 2.05) is 32.0 Å². The zero-order chi connectivity index (χ0) is 14.3. The number of rotatable bonds is 2. The molecule has 0 spiro atoms. The van der Waals surface area contributed by atoms with Crippen LogP contribution < -0.4 is 5.32 Å². The average molecular weight is 269 g/mol. The fourth-order valence-corrected chi connectivity index (χ4v) is 2.39. The smallest absolute Gasteiger partial charge is 0.259 e.